The lowest BCUT2D eigenvalue weighted by atomic mass is 9.54. The molecule has 1 amide bonds. The smallest absolute Gasteiger partial charge is 0.255 e. The summed E-state index contributed by atoms with van der Waals surface area (Å²) in [6.45, 7) is 1.40. The van der Waals surface area contributed by atoms with Gasteiger partial charge in [0.25, 0.3) is 5.91 Å². The third-order valence-corrected chi connectivity index (χ3v) is 7.02. The van der Waals surface area contributed by atoms with E-state index in [1.807, 2.05) is 0 Å². The van der Waals surface area contributed by atoms with Crippen molar-refractivity contribution < 1.29 is 39.9 Å². The van der Waals surface area contributed by atoms with Gasteiger partial charge in [-0.2, -0.15) is 0 Å². The Bertz CT molecular complexity index is 1150. The lowest BCUT2D eigenvalue weighted by Gasteiger charge is -2.53. The number of nitrogens with zero attached hydrogens (tertiary/aromatic N) is 1. The van der Waals surface area contributed by atoms with Crippen LogP contribution in [-0.4, -0.2) is 73.6 Å². The standard InChI is InChI=1S/C22H24N2O8/c1-21(31)8-5-4-6-11(25)12(8)16(26)13-9(21)7-10-15(24(2)3)17(27)14(20(23)30)19(29)22(10,32)18(13)28/h4-6,9-10,15,25-26,29,31-32H,7H2,1-3H3,(H2,23,30)/t9?,10?,15-,21-,22+/m1/s1. The van der Waals surface area contributed by atoms with E-state index in [9.17, 15) is 39.9 Å². The van der Waals surface area contributed by atoms with Gasteiger partial charge in [0.05, 0.1) is 17.2 Å². The highest BCUT2D eigenvalue weighted by Crippen LogP contribution is 2.57. The maximum absolute atomic E-state index is 13.7. The Morgan fingerprint density at radius 1 is 1.16 bits per heavy atom. The van der Waals surface area contributed by atoms with Crippen molar-refractivity contribution in [2.45, 2.75) is 30.6 Å². The van der Waals surface area contributed by atoms with Crippen LogP contribution in [0.4, 0.5) is 0 Å². The van der Waals surface area contributed by atoms with Gasteiger partial charge in [-0.15, -0.1) is 0 Å². The number of amides is 1. The number of hydrogen-bond donors (Lipinski definition) is 6. The summed E-state index contributed by atoms with van der Waals surface area (Å²) in [7, 11) is 3.01. The van der Waals surface area contributed by atoms with Gasteiger partial charge in [0, 0.05) is 17.4 Å². The number of likely N-dealkylation sites (N-methyl/N-ethyl adjacent to an activating group) is 1. The monoisotopic (exact) mass is 444 g/mol. The Morgan fingerprint density at radius 3 is 2.34 bits per heavy atom. The number of rotatable bonds is 2. The molecule has 3 aliphatic carbocycles. The van der Waals surface area contributed by atoms with Crippen LogP contribution in [0.1, 0.15) is 24.5 Å². The number of Topliss-reactive ketones (excluding diaryl/α,β-unsaturated/α-hetero) is 2. The molecule has 10 heteroatoms. The Hall–Kier alpha value is -3.21. The molecule has 170 valence electrons. The fraction of sp³-hybridized carbons (Fsp3) is 0.409. The minimum atomic E-state index is -2.75. The van der Waals surface area contributed by atoms with E-state index in [1.165, 1.54) is 44.1 Å². The van der Waals surface area contributed by atoms with Crippen molar-refractivity contribution in [3.63, 3.8) is 0 Å². The molecule has 0 heterocycles. The van der Waals surface area contributed by atoms with Gasteiger partial charge in [-0.1, -0.05) is 12.1 Å². The zero-order valence-corrected chi connectivity index (χ0v) is 17.7. The van der Waals surface area contributed by atoms with Crippen LogP contribution >= 0.6 is 0 Å². The molecule has 2 unspecified atom stereocenters. The number of carbonyl (C=O) groups excluding carboxylic acids is 3. The molecule has 1 fully saturated rings. The first-order valence-electron chi connectivity index (χ1n) is 9.97. The molecule has 0 spiro atoms. The number of aromatic hydroxyl groups is 1. The third-order valence-electron chi connectivity index (χ3n) is 7.02. The van der Waals surface area contributed by atoms with Gasteiger partial charge in [0.2, 0.25) is 5.78 Å². The van der Waals surface area contributed by atoms with Crippen LogP contribution in [0.2, 0.25) is 0 Å². The Balaban J connectivity index is 2.05. The Labute approximate surface area is 182 Å². The van der Waals surface area contributed by atoms with Crippen LogP contribution in [0.5, 0.6) is 5.75 Å². The molecule has 0 bridgehead atoms. The predicted molar refractivity (Wildman–Crippen MR) is 110 cm³/mol. The number of primary amides is 1. The van der Waals surface area contributed by atoms with Crippen molar-refractivity contribution in [3.05, 3.63) is 46.2 Å². The van der Waals surface area contributed by atoms with Gasteiger partial charge in [-0.25, -0.2) is 0 Å². The van der Waals surface area contributed by atoms with Crippen LogP contribution in [0.3, 0.4) is 0 Å². The van der Waals surface area contributed by atoms with E-state index < -0.39 is 75.0 Å². The third kappa shape index (κ3) is 2.48. The van der Waals surface area contributed by atoms with E-state index in [4.69, 9.17) is 5.73 Å². The second-order valence-electron chi connectivity index (χ2n) is 8.96. The number of phenolic OH excluding ortho intramolecular Hbond substituents is 1. The number of carbonyl (C=O) groups is 3. The molecule has 7 N–H and O–H groups in total. The molecule has 1 aromatic rings. The predicted octanol–water partition coefficient (Wildman–Crippen LogP) is -0.371. The quantitative estimate of drug-likeness (QED) is 0.332. The van der Waals surface area contributed by atoms with E-state index in [1.54, 1.807) is 0 Å². The SMILES string of the molecule is CN(C)[C@H]1C(=O)C(C(N)=O)=C(O)[C@@]2(O)C(=O)C3=C(O)c4c(O)cccc4[C@@](C)(O)C3CC12. The van der Waals surface area contributed by atoms with Gasteiger partial charge in [-0.3, -0.25) is 19.3 Å². The molecule has 0 aliphatic heterocycles. The van der Waals surface area contributed by atoms with Gasteiger partial charge in [0.1, 0.15) is 22.8 Å². The average molecular weight is 444 g/mol. The fourth-order valence-corrected chi connectivity index (χ4v) is 5.50. The number of hydrogen-bond acceptors (Lipinski definition) is 9. The van der Waals surface area contributed by atoms with Crippen molar-refractivity contribution in [2.24, 2.45) is 17.6 Å². The van der Waals surface area contributed by atoms with Gasteiger partial charge >= 0.3 is 0 Å². The highest BCUT2D eigenvalue weighted by atomic mass is 16.3. The number of benzene rings is 1. The summed E-state index contributed by atoms with van der Waals surface area (Å²) in [4.78, 5) is 40.0. The van der Waals surface area contributed by atoms with Crippen molar-refractivity contribution in [2.75, 3.05) is 14.1 Å². The van der Waals surface area contributed by atoms with Crippen molar-refractivity contribution in [1.29, 1.82) is 0 Å². The first kappa shape index (κ1) is 22.0. The Kier molecular flexibility index (Phi) is 4.57. The van der Waals surface area contributed by atoms with Crippen LogP contribution in [0.15, 0.2) is 35.1 Å². The second kappa shape index (κ2) is 6.64. The second-order valence-corrected chi connectivity index (χ2v) is 8.96. The molecule has 4 rings (SSSR count). The van der Waals surface area contributed by atoms with Gasteiger partial charge < -0.3 is 31.3 Å². The van der Waals surface area contributed by atoms with Crippen molar-refractivity contribution in [1.82, 2.24) is 4.90 Å². The van der Waals surface area contributed by atoms with Gasteiger partial charge in [-0.05, 0) is 39.1 Å². The Morgan fingerprint density at radius 2 is 1.78 bits per heavy atom. The molecule has 0 aromatic heterocycles. The van der Waals surface area contributed by atoms with Crippen molar-refractivity contribution >= 4 is 23.2 Å². The summed E-state index contributed by atoms with van der Waals surface area (Å²) in [5.74, 6) is -7.90. The first-order valence-corrected chi connectivity index (χ1v) is 9.97. The summed E-state index contributed by atoms with van der Waals surface area (Å²) in [5, 5.41) is 54.9. The molecule has 1 saturated carbocycles. The largest absolute Gasteiger partial charge is 0.508 e. The molecule has 0 saturated heterocycles. The van der Waals surface area contributed by atoms with Crippen LogP contribution < -0.4 is 5.73 Å². The minimum absolute atomic E-state index is 0.170. The number of ketones is 2. The maximum atomic E-state index is 13.7. The summed E-state index contributed by atoms with van der Waals surface area (Å²) >= 11 is 0. The number of fused-ring (bicyclic) bond motifs is 3. The molecule has 0 radical (unpaired) electrons. The fourth-order valence-electron chi connectivity index (χ4n) is 5.50. The highest BCUT2D eigenvalue weighted by molar-refractivity contribution is 6.24. The van der Waals surface area contributed by atoms with E-state index in [-0.39, 0.29) is 17.5 Å². The average Bonchev–Trinajstić information content (AvgIpc) is 2.68. The van der Waals surface area contributed by atoms with Crippen LogP contribution in [0, 0.1) is 11.8 Å². The lowest BCUT2D eigenvalue weighted by molar-refractivity contribution is -0.159. The molecular weight excluding hydrogens is 420 g/mol. The zero-order valence-electron chi connectivity index (χ0n) is 17.7. The number of aliphatic hydroxyl groups is 4. The molecule has 1 aromatic carbocycles. The molecule has 10 nitrogen and oxygen atoms in total. The highest BCUT2D eigenvalue weighted by Gasteiger charge is 2.66. The van der Waals surface area contributed by atoms with E-state index >= 15 is 0 Å². The molecule has 32 heavy (non-hydrogen) atoms. The van der Waals surface area contributed by atoms with E-state index in [2.05, 4.69) is 0 Å². The maximum Gasteiger partial charge on any atom is 0.255 e. The summed E-state index contributed by atoms with van der Waals surface area (Å²) in [5.41, 5.74) is -0.548. The number of phenols is 1. The van der Waals surface area contributed by atoms with Crippen molar-refractivity contribution in [3.8, 4) is 5.75 Å². The van der Waals surface area contributed by atoms with Gasteiger partial charge in [0.15, 0.2) is 11.4 Å². The van der Waals surface area contributed by atoms with E-state index in [0.29, 0.717) is 0 Å². The number of nitrogens with two attached hydrogens (primary N) is 1. The van der Waals surface area contributed by atoms with E-state index in [0.717, 1.165) is 0 Å². The molecular formula is C22H24N2O8. The summed E-state index contributed by atoms with van der Waals surface area (Å²) in [6.07, 6.45) is -0.200. The number of aliphatic hydroxyl groups excluding tert-OH is 2. The summed E-state index contributed by atoms with van der Waals surface area (Å²) < 4.78 is 0. The van der Waals surface area contributed by atoms with Crippen LogP contribution in [0.25, 0.3) is 5.76 Å². The zero-order chi connectivity index (χ0) is 23.9. The first-order chi connectivity index (χ1) is 14.8. The topological polar surface area (TPSA) is 182 Å². The molecule has 3 aliphatic rings. The molecule has 5 atom stereocenters. The normalized spacial score (nSPS) is 34.4. The lowest BCUT2D eigenvalue weighted by Crippen LogP contribution is -2.67. The minimum Gasteiger partial charge on any atom is -0.508 e. The summed E-state index contributed by atoms with van der Waals surface area (Å²) in [6, 6.07) is 3.02. The van der Waals surface area contributed by atoms with Crippen LogP contribution in [-0.2, 0) is 20.0 Å².